The van der Waals surface area contributed by atoms with E-state index in [1.54, 1.807) is 25.3 Å². The summed E-state index contributed by atoms with van der Waals surface area (Å²) in [6.45, 7) is 6.10. The molecular weight excluding hydrogens is 254 g/mol. The van der Waals surface area contributed by atoms with Gasteiger partial charge in [-0.2, -0.15) is 0 Å². The molecule has 0 aromatic heterocycles. The molecule has 0 spiro atoms. The minimum absolute atomic E-state index is 0.233. The van der Waals surface area contributed by atoms with Crippen molar-refractivity contribution in [2.45, 2.75) is 6.92 Å². The van der Waals surface area contributed by atoms with Crippen LogP contribution in [0.3, 0.4) is 0 Å². The highest BCUT2D eigenvalue weighted by Gasteiger charge is 2.10. The van der Waals surface area contributed by atoms with Crippen LogP contribution in [0.1, 0.15) is 17.3 Å². The van der Waals surface area contributed by atoms with Gasteiger partial charge in [0.15, 0.2) is 11.5 Å². The zero-order valence-electron chi connectivity index (χ0n) is 10.5. The van der Waals surface area contributed by atoms with E-state index in [0.717, 1.165) is 0 Å². The number of hydrogen-bond acceptors (Lipinski definition) is 3. The lowest BCUT2D eigenvalue weighted by atomic mass is 10.2. The van der Waals surface area contributed by atoms with Crippen molar-refractivity contribution in [3.63, 3.8) is 0 Å². The first-order chi connectivity index (χ1) is 8.58. The lowest BCUT2D eigenvalue weighted by Crippen LogP contribution is -2.24. The molecule has 1 rings (SSSR count). The maximum atomic E-state index is 11.8. The molecule has 0 fully saturated rings. The maximum absolute atomic E-state index is 11.8. The molecule has 0 heterocycles. The van der Waals surface area contributed by atoms with Gasteiger partial charge in [-0.15, -0.1) is 0 Å². The van der Waals surface area contributed by atoms with E-state index in [-0.39, 0.29) is 12.5 Å². The standard InChI is InChI=1S/C13H16ClNO3/c1-4-18-12-7-10(5-6-11(12)17-3)13(16)15-8-9(2)14/h5-7H,2,4,8H2,1,3H3,(H,15,16). The Labute approximate surface area is 112 Å². The third-order valence-electron chi connectivity index (χ3n) is 2.17. The number of halogens is 1. The average Bonchev–Trinajstić information content (AvgIpc) is 2.36. The minimum atomic E-state index is -0.236. The number of nitrogens with one attached hydrogen (secondary N) is 1. The fraction of sp³-hybridized carbons (Fsp3) is 0.308. The van der Waals surface area contributed by atoms with Crippen molar-refractivity contribution in [3.8, 4) is 11.5 Å². The molecule has 0 saturated carbocycles. The predicted molar refractivity (Wildman–Crippen MR) is 71.5 cm³/mol. The second-order valence-electron chi connectivity index (χ2n) is 3.50. The largest absolute Gasteiger partial charge is 0.493 e. The number of methoxy groups -OCH3 is 1. The van der Waals surface area contributed by atoms with E-state index >= 15 is 0 Å². The molecule has 0 bridgehead atoms. The number of benzene rings is 1. The number of carbonyl (C=O) groups excluding carboxylic acids is 1. The first kappa shape index (κ1) is 14.4. The van der Waals surface area contributed by atoms with Crippen molar-refractivity contribution < 1.29 is 14.3 Å². The Morgan fingerprint density at radius 1 is 1.44 bits per heavy atom. The van der Waals surface area contributed by atoms with Crippen LogP contribution in [0, 0.1) is 0 Å². The van der Waals surface area contributed by atoms with Crippen LogP contribution in [-0.2, 0) is 0 Å². The van der Waals surface area contributed by atoms with Crippen LogP contribution in [0.25, 0.3) is 0 Å². The summed E-state index contributed by atoms with van der Waals surface area (Å²) in [6.07, 6.45) is 0. The Morgan fingerprint density at radius 2 is 2.17 bits per heavy atom. The monoisotopic (exact) mass is 269 g/mol. The third-order valence-corrected chi connectivity index (χ3v) is 2.30. The molecule has 0 saturated heterocycles. The summed E-state index contributed by atoms with van der Waals surface area (Å²) in [6, 6.07) is 4.98. The summed E-state index contributed by atoms with van der Waals surface area (Å²) < 4.78 is 10.5. The summed E-state index contributed by atoms with van der Waals surface area (Å²) >= 11 is 5.58. The molecule has 1 aromatic carbocycles. The Balaban J connectivity index is 2.86. The van der Waals surface area contributed by atoms with E-state index in [0.29, 0.717) is 28.7 Å². The maximum Gasteiger partial charge on any atom is 0.251 e. The molecule has 0 aliphatic rings. The summed E-state index contributed by atoms with van der Waals surface area (Å²) in [5.41, 5.74) is 0.483. The Kier molecular flexibility index (Phi) is 5.52. The van der Waals surface area contributed by atoms with Gasteiger partial charge in [-0.25, -0.2) is 0 Å². The van der Waals surface area contributed by atoms with Crippen molar-refractivity contribution in [3.05, 3.63) is 35.4 Å². The second-order valence-corrected chi connectivity index (χ2v) is 4.03. The van der Waals surface area contributed by atoms with Gasteiger partial charge in [0.05, 0.1) is 20.3 Å². The van der Waals surface area contributed by atoms with Crippen LogP contribution < -0.4 is 14.8 Å². The van der Waals surface area contributed by atoms with Crippen molar-refractivity contribution in [2.75, 3.05) is 20.3 Å². The highest BCUT2D eigenvalue weighted by atomic mass is 35.5. The Hall–Kier alpha value is -1.68. The molecular formula is C13H16ClNO3. The van der Waals surface area contributed by atoms with Crippen LogP contribution in [0.4, 0.5) is 0 Å². The zero-order chi connectivity index (χ0) is 13.5. The normalized spacial score (nSPS) is 9.72. The molecule has 5 heteroatoms. The minimum Gasteiger partial charge on any atom is -0.493 e. The fourth-order valence-electron chi connectivity index (χ4n) is 1.36. The van der Waals surface area contributed by atoms with Crippen LogP contribution >= 0.6 is 11.6 Å². The van der Waals surface area contributed by atoms with E-state index in [1.807, 2.05) is 6.92 Å². The smallest absolute Gasteiger partial charge is 0.251 e. The summed E-state index contributed by atoms with van der Waals surface area (Å²) in [4.78, 5) is 11.8. The van der Waals surface area contributed by atoms with E-state index in [4.69, 9.17) is 21.1 Å². The van der Waals surface area contributed by atoms with Gasteiger partial charge in [-0.1, -0.05) is 18.2 Å². The predicted octanol–water partition coefficient (Wildman–Crippen LogP) is 2.58. The third kappa shape index (κ3) is 3.96. The number of hydrogen-bond donors (Lipinski definition) is 1. The van der Waals surface area contributed by atoms with Crippen molar-refractivity contribution in [1.82, 2.24) is 5.32 Å². The lowest BCUT2D eigenvalue weighted by Gasteiger charge is -2.11. The molecule has 0 atom stereocenters. The average molecular weight is 270 g/mol. The van der Waals surface area contributed by atoms with Crippen LogP contribution in [0.15, 0.2) is 29.8 Å². The van der Waals surface area contributed by atoms with E-state index < -0.39 is 0 Å². The van der Waals surface area contributed by atoms with Gasteiger partial charge in [0.1, 0.15) is 0 Å². The van der Waals surface area contributed by atoms with Crippen molar-refractivity contribution >= 4 is 17.5 Å². The van der Waals surface area contributed by atoms with Crippen molar-refractivity contribution in [2.24, 2.45) is 0 Å². The van der Waals surface area contributed by atoms with E-state index in [2.05, 4.69) is 11.9 Å². The highest BCUT2D eigenvalue weighted by Crippen LogP contribution is 2.27. The Morgan fingerprint density at radius 3 is 2.72 bits per heavy atom. The summed E-state index contributed by atoms with van der Waals surface area (Å²) in [7, 11) is 1.55. The van der Waals surface area contributed by atoms with Crippen LogP contribution in [0.5, 0.6) is 11.5 Å². The Bertz CT molecular complexity index is 446. The molecule has 0 radical (unpaired) electrons. The topological polar surface area (TPSA) is 47.6 Å². The first-order valence-corrected chi connectivity index (χ1v) is 5.88. The van der Waals surface area contributed by atoms with E-state index in [9.17, 15) is 4.79 Å². The van der Waals surface area contributed by atoms with Gasteiger partial charge in [0, 0.05) is 10.6 Å². The molecule has 1 aromatic rings. The number of amides is 1. The molecule has 1 N–H and O–H groups in total. The van der Waals surface area contributed by atoms with E-state index in [1.165, 1.54) is 0 Å². The summed E-state index contributed by atoms with van der Waals surface area (Å²) in [5.74, 6) is 0.896. The van der Waals surface area contributed by atoms with Gasteiger partial charge in [0.25, 0.3) is 5.91 Å². The van der Waals surface area contributed by atoms with Crippen LogP contribution in [-0.4, -0.2) is 26.2 Å². The second kappa shape index (κ2) is 6.91. The van der Waals surface area contributed by atoms with Gasteiger partial charge >= 0.3 is 0 Å². The molecule has 1 amide bonds. The quantitative estimate of drug-likeness (QED) is 0.863. The highest BCUT2D eigenvalue weighted by molar-refractivity contribution is 6.29. The molecule has 98 valence electrons. The molecule has 0 aliphatic heterocycles. The molecule has 4 nitrogen and oxygen atoms in total. The van der Waals surface area contributed by atoms with Gasteiger partial charge in [-0.3, -0.25) is 4.79 Å². The molecule has 0 unspecified atom stereocenters. The molecule has 0 aliphatic carbocycles. The number of carbonyl (C=O) groups is 1. The fourth-order valence-corrected chi connectivity index (χ4v) is 1.43. The van der Waals surface area contributed by atoms with Gasteiger partial charge in [-0.05, 0) is 25.1 Å². The van der Waals surface area contributed by atoms with Gasteiger partial charge in [0.2, 0.25) is 0 Å². The van der Waals surface area contributed by atoms with Gasteiger partial charge < -0.3 is 14.8 Å². The number of rotatable bonds is 6. The van der Waals surface area contributed by atoms with Crippen LogP contribution in [0.2, 0.25) is 0 Å². The SMILES string of the molecule is C=C(Cl)CNC(=O)c1ccc(OC)c(OCC)c1. The molecule has 18 heavy (non-hydrogen) atoms. The lowest BCUT2D eigenvalue weighted by molar-refractivity contribution is 0.0957. The number of ether oxygens (including phenoxy) is 2. The van der Waals surface area contributed by atoms with Crippen molar-refractivity contribution in [1.29, 1.82) is 0 Å². The summed E-state index contributed by atoms with van der Waals surface area (Å²) in [5, 5.41) is 3.02. The zero-order valence-corrected chi connectivity index (χ0v) is 11.2. The first-order valence-electron chi connectivity index (χ1n) is 5.50.